The molecule has 0 amide bonds. The van der Waals surface area contributed by atoms with E-state index in [4.69, 9.17) is 4.74 Å². The van der Waals surface area contributed by atoms with E-state index in [1.807, 2.05) is 7.05 Å². The summed E-state index contributed by atoms with van der Waals surface area (Å²) in [7, 11) is 1.87. The molecule has 2 aliphatic rings. The summed E-state index contributed by atoms with van der Waals surface area (Å²) in [5, 5.41) is 7.20. The summed E-state index contributed by atoms with van der Waals surface area (Å²) >= 11 is 0. The first-order chi connectivity index (χ1) is 14.1. The van der Waals surface area contributed by atoms with Gasteiger partial charge in [0.1, 0.15) is 0 Å². The largest absolute Gasteiger partial charge is 0.379 e. The number of hydrogen-bond acceptors (Lipinski definition) is 4. The molecule has 0 radical (unpaired) electrons. The number of nitrogens with one attached hydrogen (secondary N) is 2. The van der Waals surface area contributed by atoms with Gasteiger partial charge in [0.25, 0.3) is 0 Å². The molecule has 2 aliphatic heterocycles. The lowest BCUT2D eigenvalue weighted by molar-refractivity contribution is -0.0174. The molecule has 4 atom stereocenters. The maximum Gasteiger partial charge on any atom is 0.191 e. The SMILES string of the molecule is CN=C(NCC(C)N1CCOCC1C)NC1CCN(Cc2ccccc2)C(C)C1.I. The Morgan fingerprint density at radius 3 is 2.63 bits per heavy atom. The molecule has 1 aromatic rings. The van der Waals surface area contributed by atoms with Crippen LogP contribution in [0.5, 0.6) is 0 Å². The van der Waals surface area contributed by atoms with Crippen molar-refractivity contribution < 1.29 is 4.74 Å². The third-order valence-corrected chi connectivity index (χ3v) is 6.36. The molecule has 4 unspecified atom stereocenters. The molecule has 0 aliphatic carbocycles. The van der Waals surface area contributed by atoms with Crippen molar-refractivity contribution in [1.82, 2.24) is 20.4 Å². The summed E-state index contributed by atoms with van der Waals surface area (Å²) < 4.78 is 5.56. The van der Waals surface area contributed by atoms with E-state index in [1.165, 1.54) is 5.56 Å². The molecule has 6 nitrogen and oxygen atoms in total. The smallest absolute Gasteiger partial charge is 0.191 e. The molecule has 0 bridgehead atoms. The third kappa shape index (κ3) is 7.35. The van der Waals surface area contributed by atoms with E-state index in [1.54, 1.807) is 0 Å². The standard InChI is InChI=1S/C23H39N5O.HI/c1-18-14-22(10-11-27(18)16-21-8-6-5-7-9-21)26-23(24-4)25-15-19(2)28-12-13-29-17-20(28)3;/h5-9,18-20,22H,10-17H2,1-4H3,(H2,24,25,26);1H. The fourth-order valence-corrected chi connectivity index (χ4v) is 4.55. The van der Waals surface area contributed by atoms with Crippen molar-refractivity contribution in [3.63, 3.8) is 0 Å². The van der Waals surface area contributed by atoms with Crippen LogP contribution in [-0.4, -0.2) is 79.8 Å². The van der Waals surface area contributed by atoms with Crippen molar-refractivity contribution in [2.45, 2.75) is 64.3 Å². The van der Waals surface area contributed by atoms with Gasteiger partial charge in [-0.25, -0.2) is 0 Å². The van der Waals surface area contributed by atoms with Gasteiger partial charge in [0.2, 0.25) is 0 Å². The predicted octanol–water partition coefficient (Wildman–Crippen LogP) is 2.93. The maximum absolute atomic E-state index is 5.56. The highest BCUT2D eigenvalue weighted by Crippen LogP contribution is 2.20. The van der Waals surface area contributed by atoms with Crippen LogP contribution in [0.3, 0.4) is 0 Å². The maximum atomic E-state index is 5.56. The van der Waals surface area contributed by atoms with Gasteiger partial charge in [-0.15, -0.1) is 24.0 Å². The summed E-state index contributed by atoms with van der Waals surface area (Å²) in [6, 6.07) is 12.8. The van der Waals surface area contributed by atoms with E-state index in [2.05, 4.69) is 76.5 Å². The normalized spacial score (nSPS) is 27.2. The Bertz CT molecular complexity index is 644. The molecule has 3 rings (SSSR count). The molecule has 170 valence electrons. The van der Waals surface area contributed by atoms with E-state index >= 15 is 0 Å². The molecule has 2 saturated heterocycles. The van der Waals surface area contributed by atoms with Crippen LogP contribution in [0.15, 0.2) is 35.3 Å². The summed E-state index contributed by atoms with van der Waals surface area (Å²) in [6.45, 7) is 12.6. The quantitative estimate of drug-likeness (QED) is 0.337. The molecule has 30 heavy (non-hydrogen) atoms. The Morgan fingerprint density at radius 1 is 1.20 bits per heavy atom. The lowest BCUT2D eigenvalue weighted by atomic mass is 9.97. The van der Waals surface area contributed by atoms with Crippen LogP contribution >= 0.6 is 24.0 Å². The zero-order chi connectivity index (χ0) is 20.6. The topological polar surface area (TPSA) is 52.1 Å². The summed E-state index contributed by atoms with van der Waals surface area (Å²) in [5.41, 5.74) is 1.40. The van der Waals surface area contributed by atoms with Crippen LogP contribution in [0.25, 0.3) is 0 Å². The first-order valence-corrected chi connectivity index (χ1v) is 11.2. The van der Waals surface area contributed by atoms with Crippen molar-refractivity contribution in [3.8, 4) is 0 Å². The number of piperidine rings is 1. The molecule has 2 heterocycles. The summed E-state index contributed by atoms with van der Waals surface area (Å²) in [6.07, 6.45) is 2.29. The average Bonchev–Trinajstić information content (AvgIpc) is 2.74. The number of nitrogens with zero attached hydrogens (tertiary/aromatic N) is 3. The molecular weight excluding hydrogens is 489 g/mol. The van der Waals surface area contributed by atoms with Gasteiger partial charge in [-0.2, -0.15) is 0 Å². The van der Waals surface area contributed by atoms with Crippen LogP contribution in [0.2, 0.25) is 0 Å². The van der Waals surface area contributed by atoms with Gasteiger partial charge in [0, 0.05) is 57.4 Å². The molecule has 0 spiro atoms. The van der Waals surface area contributed by atoms with Gasteiger partial charge in [-0.3, -0.25) is 14.8 Å². The van der Waals surface area contributed by atoms with Crippen molar-refractivity contribution in [3.05, 3.63) is 35.9 Å². The zero-order valence-corrected chi connectivity index (χ0v) is 21.3. The average molecular weight is 530 g/mol. The Kier molecular flexibility index (Phi) is 10.8. The number of rotatable bonds is 6. The molecule has 2 fully saturated rings. The molecular formula is C23H40IN5O. The number of morpholine rings is 1. The van der Waals surface area contributed by atoms with E-state index in [-0.39, 0.29) is 24.0 Å². The second kappa shape index (κ2) is 12.8. The van der Waals surface area contributed by atoms with Gasteiger partial charge >= 0.3 is 0 Å². The number of halogens is 1. The van der Waals surface area contributed by atoms with Gasteiger partial charge < -0.3 is 15.4 Å². The summed E-state index contributed by atoms with van der Waals surface area (Å²) in [4.78, 5) is 9.58. The highest BCUT2D eigenvalue weighted by atomic mass is 127. The Hall–Kier alpha value is -0.900. The van der Waals surface area contributed by atoms with Crippen molar-refractivity contribution in [2.24, 2.45) is 4.99 Å². The number of likely N-dealkylation sites (tertiary alicyclic amines) is 1. The van der Waals surface area contributed by atoms with Crippen LogP contribution in [-0.2, 0) is 11.3 Å². The number of ether oxygens (including phenoxy) is 1. The molecule has 0 saturated carbocycles. The Balaban J connectivity index is 0.00000320. The van der Waals surface area contributed by atoms with E-state index < -0.39 is 0 Å². The van der Waals surface area contributed by atoms with E-state index in [9.17, 15) is 0 Å². The Morgan fingerprint density at radius 2 is 1.97 bits per heavy atom. The molecule has 1 aromatic carbocycles. The van der Waals surface area contributed by atoms with Crippen LogP contribution in [0.1, 0.15) is 39.2 Å². The minimum Gasteiger partial charge on any atom is -0.379 e. The molecule has 0 aromatic heterocycles. The Labute approximate surface area is 199 Å². The number of aliphatic imine (C=N–C) groups is 1. The monoisotopic (exact) mass is 529 g/mol. The van der Waals surface area contributed by atoms with Crippen molar-refractivity contribution >= 4 is 29.9 Å². The van der Waals surface area contributed by atoms with Crippen LogP contribution in [0.4, 0.5) is 0 Å². The predicted molar refractivity (Wildman–Crippen MR) is 136 cm³/mol. The van der Waals surface area contributed by atoms with Crippen molar-refractivity contribution in [1.29, 1.82) is 0 Å². The van der Waals surface area contributed by atoms with E-state index in [0.717, 1.165) is 58.2 Å². The minimum atomic E-state index is 0. The second-order valence-corrected chi connectivity index (χ2v) is 8.63. The number of hydrogen-bond donors (Lipinski definition) is 2. The van der Waals surface area contributed by atoms with Gasteiger partial charge in [-0.05, 0) is 39.2 Å². The summed E-state index contributed by atoms with van der Waals surface area (Å²) in [5.74, 6) is 0.923. The zero-order valence-electron chi connectivity index (χ0n) is 19.0. The lowest BCUT2D eigenvalue weighted by Gasteiger charge is -2.39. The first kappa shape index (κ1) is 25.4. The van der Waals surface area contributed by atoms with Crippen LogP contribution in [0, 0.1) is 0 Å². The highest BCUT2D eigenvalue weighted by molar-refractivity contribution is 14.0. The van der Waals surface area contributed by atoms with Gasteiger partial charge in [-0.1, -0.05) is 30.3 Å². The second-order valence-electron chi connectivity index (χ2n) is 8.63. The number of benzene rings is 1. The lowest BCUT2D eigenvalue weighted by Crippen LogP contribution is -2.55. The fraction of sp³-hybridized carbons (Fsp3) is 0.696. The minimum absolute atomic E-state index is 0. The highest BCUT2D eigenvalue weighted by Gasteiger charge is 2.27. The van der Waals surface area contributed by atoms with Crippen LogP contribution < -0.4 is 10.6 Å². The third-order valence-electron chi connectivity index (χ3n) is 6.36. The number of guanidine groups is 1. The first-order valence-electron chi connectivity index (χ1n) is 11.2. The van der Waals surface area contributed by atoms with Gasteiger partial charge in [0.15, 0.2) is 5.96 Å². The van der Waals surface area contributed by atoms with Crippen molar-refractivity contribution in [2.75, 3.05) is 39.9 Å². The van der Waals surface area contributed by atoms with E-state index in [0.29, 0.717) is 24.2 Å². The molecule has 2 N–H and O–H groups in total. The van der Waals surface area contributed by atoms with Gasteiger partial charge in [0.05, 0.1) is 13.2 Å². The molecule has 7 heteroatoms. The fourth-order valence-electron chi connectivity index (χ4n) is 4.55.